The van der Waals surface area contributed by atoms with Crippen LogP contribution in [0.4, 0.5) is 0 Å². The maximum atomic E-state index is 13.4. The summed E-state index contributed by atoms with van der Waals surface area (Å²) in [5, 5.41) is 11.4. The number of likely N-dealkylation sites (tertiary alicyclic amines) is 1. The van der Waals surface area contributed by atoms with E-state index in [-0.39, 0.29) is 17.9 Å². The molecule has 0 radical (unpaired) electrons. The molecule has 40 heavy (non-hydrogen) atoms. The molecule has 1 fully saturated rings. The monoisotopic (exact) mass is 539 g/mol. The van der Waals surface area contributed by atoms with E-state index < -0.39 is 17.7 Å². The number of hydrogen-bond acceptors (Lipinski definition) is 7. The fraction of sp³-hybridized carbons (Fsp3) is 0.188. The summed E-state index contributed by atoms with van der Waals surface area (Å²) in [6.07, 6.45) is 1.50. The van der Waals surface area contributed by atoms with E-state index in [0.29, 0.717) is 40.7 Å². The summed E-state index contributed by atoms with van der Waals surface area (Å²) in [6.45, 7) is 2.46. The second-order valence-electron chi connectivity index (χ2n) is 9.42. The van der Waals surface area contributed by atoms with Crippen LogP contribution in [0, 0.1) is 6.92 Å². The van der Waals surface area contributed by atoms with Gasteiger partial charge in [-0.1, -0.05) is 35.9 Å². The highest BCUT2D eigenvalue weighted by Gasteiger charge is 2.46. The van der Waals surface area contributed by atoms with Crippen LogP contribution < -0.4 is 14.2 Å². The molecule has 1 aliphatic heterocycles. The van der Waals surface area contributed by atoms with Crippen LogP contribution >= 0.6 is 0 Å². The SMILES string of the molecule is COc1ccc(C2/C(=C(\O)c3ccc(OCc4cccc(C)c4)cc3)C(=O)C(=O)N2Cc2ccco2)cc1OC. The van der Waals surface area contributed by atoms with Gasteiger partial charge in [-0.15, -0.1) is 0 Å². The fourth-order valence-corrected chi connectivity index (χ4v) is 4.82. The second kappa shape index (κ2) is 11.4. The number of carbonyl (C=O) groups is 2. The number of carbonyl (C=O) groups excluding carboxylic acids is 2. The molecule has 5 rings (SSSR count). The van der Waals surface area contributed by atoms with Crippen molar-refractivity contribution in [1.82, 2.24) is 4.90 Å². The summed E-state index contributed by atoms with van der Waals surface area (Å²) >= 11 is 0. The van der Waals surface area contributed by atoms with Gasteiger partial charge >= 0.3 is 0 Å². The fourth-order valence-electron chi connectivity index (χ4n) is 4.82. The summed E-state index contributed by atoms with van der Waals surface area (Å²) in [5.41, 5.74) is 3.11. The molecule has 1 unspecified atom stereocenters. The van der Waals surface area contributed by atoms with Crippen molar-refractivity contribution in [2.24, 2.45) is 0 Å². The number of furan rings is 1. The van der Waals surface area contributed by atoms with Crippen molar-refractivity contribution in [3.05, 3.63) is 119 Å². The third-order valence-corrected chi connectivity index (χ3v) is 6.79. The molecule has 8 nitrogen and oxygen atoms in total. The van der Waals surface area contributed by atoms with Gasteiger partial charge in [-0.3, -0.25) is 9.59 Å². The lowest BCUT2D eigenvalue weighted by Gasteiger charge is -2.25. The number of ketones is 1. The molecule has 1 aliphatic rings. The number of aliphatic hydroxyl groups is 1. The maximum Gasteiger partial charge on any atom is 0.296 e. The Labute approximate surface area is 232 Å². The Morgan fingerprint density at radius 3 is 2.38 bits per heavy atom. The average molecular weight is 540 g/mol. The Hall–Kier alpha value is -4.98. The standard InChI is InChI=1S/C32H29NO7/c1-20-6-4-7-21(16-20)19-40-24-12-9-22(10-13-24)30(34)28-29(23-11-14-26(37-2)27(17-23)38-3)33(32(36)31(28)35)18-25-8-5-15-39-25/h4-17,29,34H,18-19H2,1-3H3/b30-28+. The molecule has 1 saturated heterocycles. The minimum Gasteiger partial charge on any atom is -0.507 e. The number of aliphatic hydroxyl groups excluding tert-OH is 1. The first-order chi connectivity index (χ1) is 19.4. The van der Waals surface area contributed by atoms with Crippen molar-refractivity contribution < 1.29 is 33.3 Å². The lowest BCUT2D eigenvalue weighted by atomic mass is 9.95. The predicted octanol–water partition coefficient (Wildman–Crippen LogP) is 5.81. The lowest BCUT2D eigenvalue weighted by molar-refractivity contribution is -0.140. The van der Waals surface area contributed by atoms with E-state index in [2.05, 4.69) is 6.07 Å². The van der Waals surface area contributed by atoms with Gasteiger partial charge in [0, 0.05) is 5.56 Å². The molecule has 3 aromatic carbocycles. The van der Waals surface area contributed by atoms with Gasteiger partial charge in [-0.25, -0.2) is 0 Å². The summed E-state index contributed by atoms with van der Waals surface area (Å²) in [6, 6.07) is 22.5. The van der Waals surface area contributed by atoms with Gasteiger partial charge in [0.1, 0.15) is 23.9 Å². The van der Waals surface area contributed by atoms with Crippen LogP contribution in [0.5, 0.6) is 17.2 Å². The number of benzene rings is 3. The Kier molecular flexibility index (Phi) is 7.59. The minimum absolute atomic E-state index is 0.0304. The number of nitrogens with zero attached hydrogens (tertiary/aromatic N) is 1. The van der Waals surface area contributed by atoms with Crippen LogP contribution in [0.2, 0.25) is 0 Å². The van der Waals surface area contributed by atoms with Crippen molar-refractivity contribution >= 4 is 17.4 Å². The van der Waals surface area contributed by atoms with E-state index in [0.717, 1.165) is 11.1 Å². The van der Waals surface area contributed by atoms with E-state index in [1.54, 1.807) is 54.6 Å². The average Bonchev–Trinajstić information content (AvgIpc) is 3.58. The molecule has 1 aromatic heterocycles. The van der Waals surface area contributed by atoms with Gasteiger partial charge in [0.15, 0.2) is 11.5 Å². The zero-order chi connectivity index (χ0) is 28.2. The molecule has 1 amide bonds. The van der Waals surface area contributed by atoms with Crippen LogP contribution in [0.3, 0.4) is 0 Å². The van der Waals surface area contributed by atoms with E-state index >= 15 is 0 Å². The molecule has 0 aliphatic carbocycles. The third kappa shape index (κ3) is 5.29. The normalized spacial score (nSPS) is 16.3. The topological polar surface area (TPSA) is 98.4 Å². The largest absolute Gasteiger partial charge is 0.507 e. The smallest absolute Gasteiger partial charge is 0.296 e. The molecule has 1 atom stereocenters. The summed E-state index contributed by atoms with van der Waals surface area (Å²) in [5.74, 6) is 0.217. The van der Waals surface area contributed by atoms with Crippen molar-refractivity contribution in [2.45, 2.75) is 26.1 Å². The number of Topliss-reactive ketones (excluding diaryl/α,β-unsaturated/α-hetero) is 1. The van der Waals surface area contributed by atoms with Crippen LogP contribution in [0.15, 0.2) is 95.1 Å². The molecule has 204 valence electrons. The number of aryl methyl sites for hydroxylation is 1. The number of ether oxygens (including phenoxy) is 3. The molecule has 0 bridgehead atoms. The highest BCUT2D eigenvalue weighted by molar-refractivity contribution is 6.46. The molecular weight excluding hydrogens is 510 g/mol. The Bertz CT molecular complexity index is 1550. The zero-order valence-electron chi connectivity index (χ0n) is 22.4. The van der Waals surface area contributed by atoms with Crippen LogP contribution in [0.25, 0.3) is 5.76 Å². The maximum absolute atomic E-state index is 13.4. The van der Waals surface area contributed by atoms with Gasteiger partial charge in [-0.2, -0.15) is 0 Å². The van der Waals surface area contributed by atoms with Gasteiger partial charge in [0.2, 0.25) is 0 Å². The van der Waals surface area contributed by atoms with E-state index in [9.17, 15) is 14.7 Å². The van der Waals surface area contributed by atoms with E-state index in [4.69, 9.17) is 18.6 Å². The highest BCUT2D eigenvalue weighted by Crippen LogP contribution is 2.42. The molecular formula is C32H29NO7. The van der Waals surface area contributed by atoms with Crippen LogP contribution in [-0.2, 0) is 22.7 Å². The Morgan fingerprint density at radius 2 is 1.70 bits per heavy atom. The van der Waals surface area contributed by atoms with Crippen molar-refractivity contribution in [3.63, 3.8) is 0 Å². The molecule has 0 saturated carbocycles. The predicted molar refractivity (Wildman–Crippen MR) is 148 cm³/mol. The van der Waals surface area contributed by atoms with E-state index in [1.165, 1.54) is 25.4 Å². The molecule has 8 heteroatoms. The van der Waals surface area contributed by atoms with E-state index in [1.807, 2.05) is 25.1 Å². The lowest BCUT2D eigenvalue weighted by Crippen LogP contribution is -2.29. The van der Waals surface area contributed by atoms with Gasteiger partial charge in [0.05, 0.1) is 38.6 Å². The summed E-state index contributed by atoms with van der Waals surface area (Å²) in [4.78, 5) is 28.0. The van der Waals surface area contributed by atoms with Crippen molar-refractivity contribution in [2.75, 3.05) is 14.2 Å². The van der Waals surface area contributed by atoms with Crippen LogP contribution in [-0.4, -0.2) is 35.9 Å². The quantitative estimate of drug-likeness (QED) is 0.163. The van der Waals surface area contributed by atoms with Crippen LogP contribution in [0.1, 0.15) is 34.1 Å². The van der Waals surface area contributed by atoms with Gasteiger partial charge in [-0.05, 0) is 66.6 Å². The summed E-state index contributed by atoms with van der Waals surface area (Å²) < 4.78 is 22.2. The Morgan fingerprint density at radius 1 is 0.925 bits per heavy atom. The van der Waals surface area contributed by atoms with Crippen molar-refractivity contribution in [1.29, 1.82) is 0 Å². The van der Waals surface area contributed by atoms with Gasteiger partial charge < -0.3 is 28.6 Å². The van der Waals surface area contributed by atoms with Crippen molar-refractivity contribution in [3.8, 4) is 17.2 Å². The number of rotatable bonds is 9. The first-order valence-corrected chi connectivity index (χ1v) is 12.7. The number of amides is 1. The minimum atomic E-state index is -0.887. The summed E-state index contributed by atoms with van der Waals surface area (Å²) in [7, 11) is 3.03. The molecule has 4 aromatic rings. The third-order valence-electron chi connectivity index (χ3n) is 6.79. The number of methoxy groups -OCH3 is 2. The first kappa shape index (κ1) is 26.6. The zero-order valence-corrected chi connectivity index (χ0v) is 22.4. The number of hydrogen-bond donors (Lipinski definition) is 1. The highest BCUT2D eigenvalue weighted by atomic mass is 16.5. The molecule has 0 spiro atoms. The molecule has 1 N–H and O–H groups in total. The second-order valence-corrected chi connectivity index (χ2v) is 9.42. The molecule has 2 heterocycles. The first-order valence-electron chi connectivity index (χ1n) is 12.7. The van der Waals surface area contributed by atoms with Gasteiger partial charge in [0.25, 0.3) is 11.7 Å². The Balaban J connectivity index is 1.50.